The number of hydrogen-bond acceptors (Lipinski definition) is 3. The van der Waals surface area contributed by atoms with E-state index in [9.17, 15) is 4.79 Å². The molecule has 24 heavy (non-hydrogen) atoms. The molecule has 3 nitrogen and oxygen atoms in total. The fourth-order valence-electron chi connectivity index (χ4n) is 2.59. The Balaban J connectivity index is 1.96. The number of thiophene rings is 1. The topological polar surface area (TPSA) is 49.3 Å². The van der Waals surface area contributed by atoms with Crippen molar-refractivity contribution in [2.45, 2.75) is 58.0 Å². The van der Waals surface area contributed by atoms with Crippen molar-refractivity contribution in [2.75, 3.05) is 0 Å². The first kappa shape index (κ1) is 18.7. The average molecular weight is 346 g/mol. The van der Waals surface area contributed by atoms with E-state index < -0.39 is 5.97 Å². The molecule has 0 aliphatic carbocycles. The third-order valence-corrected chi connectivity index (χ3v) is 5.51. The molecule has 0 spiro atoms. The van der Waals surface area contributed by atoms with Crippen LogP contribution in [0.15, 0.2) is 42.5 Å². The number of benzene rings is 1. The predicted molar refractivity (Wildman–Crippen MR) is 101 cm³/mol. The molecule has 4 heteroatoms. The Labute approximate surface area is 148 Å². The zero-order chi connectivity index (χ0) is 17.6. The van der Waals surface area contributed by atoms with Gasteiger partial charge in [-0.2, -0.15) is 0 Å². The number of nitrogens with one attached hydrogen (secondary N) is 1. The van der Waals surface area contributed by atoms with Crippen molar-refractivity contribution in [3.63, 3.8) is 0 Å². The summed E-state index contributed by atoms with van der Waals surface area (Å²) < 4.78 is 0. The molecular weight excluding hydrogens is 318 g/mol. The van der Waals surface area contributed by atoms with Crippen molar-refractivity contribution < 1.29 is 9.90 Å². The lowest BCUT2D eigenvalue weighted by atomic mass is 9.95. The van der Waals surface area contributed by atoms with E-state index in [0.717, 1.165) is 13.0 Å². The van der Waals surface area contributed by atoms with Gasteiger partial charge >= 0.3 is 5.97 Å². The summed E-state index contributed by atoms with van der Waals surface area (Å²) in [7, 11) is 0. The number of hydrogen-bond donors (Lipinski definition) is 2. The zero-order valence-corrected chi connectivity index (χ0v) is 15.5. The fourth-order valence-corrected chi connectivity index (χ4v) is 3.61. The lowest BCUT2D eigenvalue weighted by Crippen LogP contribution is -2.31. The van der Waals surface area contributed by atoms with Crippen LogP contribution in [0.1, 0.15) is 48.9 Å². The first-order valence-corrected chi connectivity index (χ1v) is 9.24. The maximum atomic E-state index is 10.9. The summed E-state index contributed by atoms with van der Waals surface area (Å²) in [5.41, 5.74) is 1.41. The predicted octanol–water partition coefficient (Wildman–Crippen LogP) is 4.61. The second-order valence-electron chi connectivity index (χ2n) is 7.22. The van der Waals surface area contributed by atoms with Gasteiger partial charge in [0.15, 0.2) is 0 Å². The van der Waals surface area contributed by atoms with Gasteiger partial charge in [0.05, 0.1) is 0 Å². The van der Waals surface area contributed by atoms with E-state index in [2.05, 4.69) is 50.4 Å². The van der Waals surface area contributed by atoms with Crippen molar-refractivity contribution in [2.24, 2.45) is 0 Å². The van der Waals surface area contributed by atoms with Crippen LogP contribution in [0.2, 0.25) is 0 Å². The van der Waals surface area contributed by atoms with E-state index in [1.807, 2.05) is 29.5 Å². The Kier molecular flexibility index (Phi) is 6.58. The van der Waals surface area contributed by atoms with Gasteiger partial charge in [0, 0.05) is 28.8 Å². The van der Waals surface area contributed by atoms with Gasteiger partial charge in [-0.1, -0.05) is 51.1 Å². The molecule has 0 aliphatic heterocycles. The van der Waals surface area contributed by atoms with Crippen molar-refractivity contribution in [3.05, 3.63) is 57.8 Å². The molecule has 0 aliphatic rings. The highest BCUT2D eigenvalue weighted by Crippen LogP contribution is 2.29. The Morgan fingerprint density at radius 3 is 2.46 bits per heavy atom. The van der Waals surface area contributed by atoms with Crippen molar-refractivity contribution in [1.29, 1.82) is 0 Å². The van der Waals surface area contributed by atoms with E-state index in [1.54, 1.807) is 0 Å². The number of rotatable bonds is 8. The molecular formula is C20H27NO2S. The van der Waals surface area contributed by atoms with Gasteiger partial charge in [0.25, 0.3) is 0 Å². The molecule has 2 N–H and O–H groups in total. The first-order chi connectivity index (χ1) is 11.3. The molecule has 0 radical (unpaired) electrons. The minimum Gasteiger partial charge on any atom is -0.481 e. The fraction of sp³-hybridized carbons (Fsp3) is 0.450. The van der Waals surface area contributed by atoms with Gasteiger partial charge in [-0.15, -0.1) is 11.3 Å². The summed E-state index contributed by atoms with van der Waals surface area (Å²) in [6.45, 7) is 7.46. The second-order valence-corrected chi connectivity index (χ2v) is 8.38. The molecule has 1 aromatic heterocycles. The van der Waals surface area contributed by atoms with Crippen LogP contribution in [0.3, 0.4) is 0 Å². The Bertz CT molecular complexity index is 643. The summed E-state index contributed by atoms with van der Waals surface area (Å²) in [6.07, 6.45) is 1.69. The number of carbonyl (C=O) groups is 1. The van der Waals surface area contributed by atoms with Crippen LogP contribution in [0.4, 0.5) is 0 Å². The van der Waals surface area contributed by atoms with Crippen LogP contribution in [0, 0.1) is 0 Å². The molecule has 1 heterocycles. The third-order valence-electron chi connectivity index (χ3n) is 4.00. The average Bonchev–Trinajstić information content (AvgIpc) is 3.00. The largest absolute Gasteiger partial charge is 0.481 e. The zero-order valence-electron chi connectivity index (χ0n) is 14.7. The smallest absolute Gasteiger partial charge is 0.303 e. The maximum Gasteiger partial charge on any atom is 0.303 e. The molecule has 1 aromatic carbocycles. The highest BCUT2D eigenvalue weighted by molar-refractivity contribution is 7.12. The Morgan fingerprint density at radius 2 is 1.88 bits per heavy atom. The van der Waals surface area contributed by atoms with Crippen LogP contribution >= 0.6 is 11.3 Å². The molecule has 2 aromatic rings. The lowest BCUT2D eigenvalue weighted by Gasteiger charge is -2.18. The van der Waals surface area contributed by atoms with E-state index in [-0.39, 0.29) is 17.9 Å². The van der Waals surface area contributed by atoms with Crippen molar-refractivity contribution in [3.8, 4) is 0 Å². The Hall–Kier alpha value is -1.65. The van der Waals surface area contributed by atoms with Crippen LogP contribution in [0.5, 0.6) is 0 Å². The second kappa shape index (κ2) is 8.45. The van der Waals surface area contributed by atoms with Gasteiger partial charge in [0.2, 0.25) is 0 Å². The van der Waals surface area contributed by atoms with Gasteiger partial charge < -0.3 is 10.4 Å². The highest BCUT2D eigenvalue weighted by atomic mass is 32.1. The summed E-state index contributed by atoms with van der Waals surface area (Å²) in [6, 6.07) is 14.8. The SMILES string of the molecule is CC(C)(C)c1ccc(CNC(CCC(=O)O)Cc2ccccc2)s1. The van der Waals surface area contributed by atoms with E-state index in [0.29, 0.717) is 6.42 Å². The summed E-state index contributed by atoms with van der Waals surface area (Å²) in [5, 5.41) is 12.5. The summed E-state index contributed by atoms with van der Waals surface area (Å²) in [5.74, 6) is -0.735. The number of carboxylic acid groups (broad SMARTS) is 1. The minimum atomic E-state index is -0.735. The summed E-state index contributed by atoms with van der Waals surface area (Å²) in [4.78, 5) is 13.6. The van der Waals surface area contributed by atoms with Gasteiger partial charge in [-0.25, -0.2) is 0 Å². The van der Waals surface area contributed by atoms with Gasteiger partial charge in [0.1, 0.15) is 0 Å². The molecule has 0 amide bonds. The molecule has 2 rings (SSSR count). The number of carboxylic acids is 1. The molecule has 0 saturated heterocycles. The molecule has 0 fully saturated rings. The molecule has 0 bridgehead atoms. The Morgan fingerprint density at radius 1 is 1.17 bits per heavy atom. The van der Waals surface area contributed by atoms with Gasteiger partial charge in [-0.05, 0) is 36.0 Å². The quantitative estimate of drug-likeness (QED) is 0.734. The molecule has 130 valence electrons. The molecule has 0 saturated carbocycles. The van der Waals surface area contributed by atoms with Crippen LogP contribution in [-0.2, 0) is 23.2 Å². The number of aliphatic carboxylic acids is 1. The summed E-state index contributed by atoms with van der Waals surface area (Å²) >= 11 is 1.83. The van der Waals surface area contributed by atoms with E-state index in [4.69, 9.17) is 5.11 Å². The maximum absolute atomic E-state index is 10.9. The third kappa shape index (κ3) is 6.10. The van der Waals surface area contributed by atoms with Crippen LogP contribution < -0.4 is 5.32 Å². The minimum absolute atomic E-state index is 0.170. The standard InChI is InChI=1S/C20H27NO2S/c1-20(2,3)18-11-10-17(24-18)14-21-16(9-12-19(22)23)13-15-7-5-4-6-8-15/h4-8,10-11,16,21H,9,12-14H2,1-3H3,(H,22,23). The van der Waals surface area contributed by atoms with Crippen molar-refractivity contribution >= 4 is 17.3 Å². The molecule has 1 atom stereocenters. The normalized spacial score (nSPS) is 13.0. The lowest BCUT2D eigenvalue weighted by molar-refractivity contribution is -0.137. The highest BCUT2D eigenvalue weighted by Gasteiger charge is 2.17. The van der Waals surface area contributed by atoms with E-state index in [1.165, 1.54) is 15.3 Å². The van der Waals surface area contributed by atoms with Crippen LogP contribution in [0.25, 0.3) is 0 Å². The van der Waals surface area contributed by atoms with Gasteiger partial charge in [-0.3, -0.25) is 4.79 Å². The van der Waals surface area contributed by atoms with Crippen LogP contribution in [-0.4, -0.2) is 17.1 Å². The van der Waals surface area contributed by atoms with Crippen molar-refractivity contribution in [1.82, 2.24) is 5.32 Å². The molecule has 1 unspecified atom stereocenters. The monoisotopic (exact) mass is 345 g/mol. The first-order valence-electron chi connectivity index (χ1n) is 8.43. The van der Waals surface area contributed by atoms with E-state index >= 15 is 0 Å².